The van der Waals surface area contributed by atoms with Gasteiger partial charge >= 0.3 is 0 Å². The SMILES string of the molecule is O=S(=O)(Nc1cnccc1Cl)NC1CC1. The highest BCUT2D eigenvalue weighted by Gasteiger charge is 2.27. The smallest absolute Gasteiger partial charge is 0.268 e. The van der Waals surface area contributed by atoms with Gasteiger partial charge in [0.15, 0.2) is 0 Å². The summed E-state index contributed by atoms with van der Waals surface area (Å²) in [5.41, 5.74) is 0.285. The number of rotatable bonds is 4. The number of nitrogens with one attached hydrogen (secondary N) is 2. The van der Waals surface area contributed by atoms with Gasteiger partial charge in [-0.3, -0.25) is 9.71 Å². The first-order valence-corrected chi connectivity index (χ1v) is 6.32. The standard InChI is InChI=1S/C8H10ClN3O2S/c9-7-3-4-10-5-8(7)12-15(13,14)11-6-1-2-6/h3-6,11-12H,1-2H2. The Bertz CT molecular complexity index is 459. The number of aromatic nitrogens is 1. The van der Waals surface area contributed by atoms with Crippen molar-refractivity contribution >= 4 is 27.5 Å². The number of halogens is 1. The largest absolute Gasteiger partial charge is 0.299 e. The van der Waals surface area contributed by atoms with Crippen LogP contribution in [0.4, 0.5) is 5.69 Å². The van der Waals surface area contributed by atoms with Crippen LogP contribution in [0.1, 0.15) is 12.8 Å². The van der Waals surface area contributed by atoms with Crippen LogP contribution in [0.25, 0.3) is 0 Å². The summed E-state index contributed by atoms with van der Waals surface area (Å²) in [4.78, 5) is 3.79. The van der Waals surface area contributed by atoms with Gasteiger partial charge in [-0.25, -0.2) is 0 Å². The van der Waals surface area contributed by atoms with Crippen LogP contribution in [0.2, 0.25) is 5.02 Å². The molecular formula is C8H10ClN3O2S. The highest BCUT2D eigenvalue weighted by molar-refractivity contribution is 7.90. The average Bonchev–Trinajstić information content (AvgIpc) is 2.91. The predicted molar refractivity (Wildman–Crippen MR) is 57.9 cm³/mol. The van der Waals surface area contributed by atoms with Crippen LogP contribution in [0, 0.1) is 0 Å². The fourth-order valence-corrected chi connectivity index (χ4v) is 2.44. The number of nitrogens with zero attached hydrogens (tertiary/aromatic N) is 1. The Morgan fingerprint density at radius 2 is 2.20 bits per heavy atom. The summed E-state index contributed by atoms with van der Waals surface area (Å²) in [6.45, 7) is 0. The first-order chi connectivity index (χ1) is 7.07. The van der Waals surface area contributed by atoms with E-state index in [1.807, 2.05) is 0 Å². The molecule has 1 aromatic rings. The first-order valence-electron chi connectivity index (χ1n) is 4.46. The maximum absolute atomic E-state index is 11.5. The molecule has 0 aliphatic heterocycles. The maximum Gasteiger partial charge on any atom is 0.299 e. The van der Waals surface area contributed by atoms with Crippen molar-refractivity contribution in [3.05, 3.63) is 23.5 Å². The van der Waals surface area contributed by atoms with Crippen molar-refractivity contribution < 1.29 is 8.42 Å². The van der Waals surface area contributed by atoms with Crippen molar-refractivity contribution in [2.24, 2.45) is 0 Å². The van der Waals surface area contributed by atoms with E-state index in [4.69, 9.17) is 11.6 Å². The molecule has 7 heteroatoms. The minimum atomic E-state index is -3.52. The quantitative estimate of drug-likeness (QED) is 0.838. The van der Waals surface area contributed by atoms with E-state index in [-0.39, 0.29) is 11.7 Å². The monoisotopic (exact) mass is 247 g/mol. The summed E-state index contributed by atoms with van der Waals surface area (Å²) in [7, 11) is -3.52. The molecule has 1 saturated carbocycles. The molecule has 2 rings (SSSR count). The van der Waals surface area contributed by atoms with Crippen LogP contribution >= 0.6 is 11.6 Å². The van der Waals surface area contributed by atoms with Gasteiger partial charge in [-0.15, -0.1) is 0 Å². The second-order valence-electron chi connectivity index (χ2n) is 3.35. The lowest BCUT2D eigenvalue weighted by molar-refractivity contribution is 0.586. The predicted octanol–water partition coefficient (Wildman–Crippen LogP) is 1.14. The van der Waals surface area contributed by atoms with Gasteiger partial charge in [0, 0.05) is 12.2 Å². The lowest BCUT2D eigenvalue weighted by atomic mass is 10.4. The molecule has 1 heterocycles. The minimum absolute atomic E-state index is 0.0675. The molecule has 0 saturated heterocycles. The highest BCUT2D eigenvalue weighted by Crippen LogP contribution is 2.23. The molecular weight excluding hydrogens is 238 g/mol. The van der Waals surface area contributed by atoms with E-state index >= 15 is 0 Å². The Morgan fingerprint density at radius 3 is 2.80 bits per heavy atom. The molecule has 0 radical (unpaired) electrons. The summed E-state index contributed by atoms with van der Waals surface area (Å²) in [5, 5.41) is 0.325. The number of hydrogen-bond acceptors (Lipinski definition) is 3. The third kappa shape index (κ3) is 3.05. The number of anilines is 1. The molecule has 0 spiro atoms. The zero-order valence-electron chi connectivity index (χ0n) is 7.77. The third-order valence-corrected chi connectivity index (χ3v) is 3.37. The first kappa shape index (κ1) is 10.7. The molecule has 1 aliphatic rings. The van der Waals surface area contributed by atoms with E-state index in [0.29, 0.717) is 5.02 Å². The molecule has 15 heavy (non-hydrogen) atoms. The van der Waals surface area contributed by atoms with Crippen LogP contribution in [0.5, 0.6) is 0 Å². The van der Waals surface area contributed by atoms with E-state index in [0.717, 1.165) is 12.8 Å². The zero-order valence-corrected chi connectivity index (χ0v) is 9.35. The van der Waals surface area contributed by atoms with Gasteiger partial charge in [-0.05, 0) is 18.9 Å². The molecule has 0 aromatic carbocycles. The normalized spacial score (nSPS) is 16.3. The summed E-state index contributed by atoms with van der Waals surface area (Å²) in [6, 6.07) is 1.59. The fraction of sp³-hybridized carbons (Fsp3) is 0.375. The van der Waals surface area contributed by atoms with Gasteiger partial charge < -0.3 is 0 Å². The Kier molecular flexibility index (Phi) is 2.81. The van der Waals surface area contributed by atoms with Crippen LogP contribution in [-0.2, 0) is 10.2 Å². The lowest BCUT2D eigenvalue weighted by Crippen LogP contribution is -2.31. The summed E-state index contributed by atoms with van der Waals surface area (Å²) < 4.78 is 27.8. The molecule has 0 unspecified atom stereocenters. The molecule has 2 N–H and O–H groups in total. The third-order valence-electron chi connectivity index (χ3n) is 1.91. The summed E-state index contributed by atoms with van der Waals surface area (Å²) in [5.74, 6) is 0. The van der Waals surface area contributed by atoms with Gasteiger partial charge in [-0.2, -0.15) is 13.1 Å². The second-order valence-corrected chi connectivity index (χ2v) is 5.21. The van der Waals surface area contributed by atoms with Crippen LogP contribution in [-0.4, -0.2) is 19.4 Å². The van der Waals surface area contributed by atoms with Crippen molar-refractivity contribution in [1.29, 1.82) is 0 Å². The Morgan fingerprint density at radius 1 is 1.47 bits per heavy atom. The summed E-state index contributed by atoms with van der Waals surface area (Å²) >= 11 is 5.79. The van der Waals surface area contributed by atoms with Gasteiger partial charge in [0.25, 0.3) is 10.2 Å². The van der Waals surface area contributed by atoms with E-state index in [2.05, 4.69) is 14.4 Å². The van der Waals surface area contributed by atoms with E-state index < -0.39 is 10.2 Å². The van der Waals surface area contributed by atoms with Crippen molar-refractivity contribution in [2.45, 2.75) is 18.9 Å². The molecule has 5 nitrogen and oxygen atoms in total. The Balaban J connectivity index is 2.10. The van der Waals surface area contributed by atoms with Gasteiger partial charge in [0.2, 0.25) is 0 Å². The topological polar surface area (TPSA) is 71.1 Å². The molecule has 1 fully saturated rings. The van der Waals surface area contributed by atoms with Gasteiger partial charge in [0.05, 0.1) is 16.9 Å². The van der Waals surface area contributed by atoms with Crippen molar-refractivity contribution in [1.82, 2.24) is 9.71 Å². The van der Waals surface area contributed by atoms with E-state index in [9.17, 15) is 8.42 Å². The van der Waals surface area contributed by atoms with E-state index in [1.165, 1.54) is 18.5 Å². The molecule has 0 atom stereocenters. The maximum atomic E-state index is 11.5. The Labute approximate surface area is 93.0 Å². The fourth-order valence-electron chi connectivity index (χ4n) is 1.05. The summed E-state index contributed by atoms with van der Waals surface area (Å²) in [6.07, 6.45) is 4.65. The molecule has 0 amide bonds. The zero-order chi connectivity index (χ0) is 10.9. The Hall–Kier alpha value is -0.850. The van der Waals surface area contributed by atoms with Crippen molar-refractivity contribution in [3.63, 3.8) is 0 Å². The van der Waals surface area contributed by atoms with Crippen LogP contribution in [0.15, 0.2) is 18.5 Å². The minimum Gasteiger partial charge on any atom is -0.268 e. The molecule has 0 bridgehead atoms. The van der Waals surface area contributed by atoms with E-state index in [1.54, 1.807) is 0 Å². The lowest BCUT2D eigenvalue weighted by Gasteiger charge is -2.08. The van der Waals surface area contributed by atoms with Crippen molar-refractivity contribution in [3.8, 4) is 0 Å². The number of pyridine rings is 1. The second kappa shape index (κ2) is 3.96. The number of hydrogen-bond donors (Lipinski definition) is 2. The van der Waals surface area contributed by atoms with Crippen molar-refractivity contribution in [2.75, 3.05) is 4.72 Å². The molecule has 82 valence electrons. The highest BCUT2D eigenvalue weighted by atomic mass is 35.5. The average molecular weight is 248 g/mol. The van der Waals surface area contributed by atoms with Crippen LogP contribution < -0.4 is 9.44 Å². The van der Waals surface area contributed by atoms with Crippen LogP contribution in [0.3, 0.4) is 0 Å². The van der Waals surface area contributed by atoms with Gasteiger partial charge in [0.1, 0.15) is 0 Å². The molecule has 1 aromatic heterocycles. The molecule has 1 aliphatic carbocycles. The van der Waals surface area contributed by atoms with Gasteiger partial charge in [-0.1, -0.05) is 11.6 Å².